The van der Waals surface area contributed by atoms with Gasteiger partial charge in [0.25, 0.3) is 0 Å². The molecular formula is C27H52O7Si2. The summed E-state index contributed by atoms with van der Waals surface area (Å²) in [7, 11) is -3.96. The maximum absolute atomic E-state index is 11.8. The summed E-state index contributed by atoms with van der Waals surface area (Å²) in [6.45, 7) is 26.6. The van der Waals surface area contributed by atoms with Gasteiger partial charge in [-0.15, -0.1) is 0 Å². The molecular weight excluding hydrogens is 492 g/mol. The highest BCUT2D eigenvalue weighted by Gasteiger charge is 2.52. The van der Waals surface area contributed by atoms with Crippen LogP contribution in [0.4, 0.5) is 0 Å². The number of hydrogen-bond donors (Lipinski definition) is 0. The molecule has 0 bridgehead atoms. The first-order valence-electron chi connectivity index (χ1n) is 13.5. The molecule has 7 atom stereocenters. The van der Waals surface area contributed by atoms with Crippen LogP contribution >= 0.6 is 0 Å². The zero-order valence-corrected chi connectivity index (χ0v) is 26.8. The van der Waals surface area contributed by atoms with Crippen molar-refractivity contribution in [3.8, 4) is 0 Å². The zero-order chi connectivity index (χ0) is 27.7. The van der Waals surface area contributed by atoms with Crippen LogP contribution in [0, 0.1) is 5.92 Å². The van der Waals surface area contributed by atoms with Gasteiger partial charge in [-0.3, -0.25) is 4.79 Å². The minimum Gasteiger partial charge on any atom is -0.459 e. The van der Waals surface area contributed by atoms with Gasteiger partial charge >= 0.3 is 5.97 Å². The summed E-state index contributed by atoms with van der Waals surface area (Å²) >= 11 is 0. The molecule has 2 rings (SSSR count). The maximum Gasteiger partial charge on any atom is 0.303 e. The summed E-state index contributed by atoms with van der Waals surface area (Å²) in [6, 6.07) is 0. The molecule has 0 saturated carbocycles. The third kappa shape index (κ3) is 7.50. The van der Waals surface area contributed by atoms with E-state index in [2.05, 4.69) is 67.7 Å². The normalized spacial score (nSPS) is 32.1. The summed E-state index contributed by atoms with van der Waals surface area (Å²) < 4.78 is 32.2. The van der Waals surface area contributed by atoms with Gasteiger partial charge in [0.05, 0.1) is 24.4 Å². The molecule has 0 aromatic heterocycles. The summed E-state index contributed by atoms with van der Waals surface area (Å²) in [5.74, 6) is -0.478. The van der Waals surface area contributed by atoms with E-state index in [4.69, 9.17) is 23.1 Å². The van der Waals surface area contributed by atoms with E-state index in [-0.39, 0.29) is 52.8 Å². The van der Waals surface area contributed by atoms with Crippen molar-refractivity contribution in [2.24, 2.45) is 5.92 Å². The molecule has 2 saturated heterocycles. The van der Waals surface area contributed by atoms with Crippen LogP contribution in [0.25, 0.3) is 0 Å². The third-order valence-electron chi connectivity index (χ3n) is 8.88. The molecule has 0 aromatic rings. The molecule has 0 aromatic carbocycles. The number of ether oxygens (including phenoxy) is 3. The summed E-state index contributed by atoms with van der Waals surface area (Å²) in [4.78, 5) is 23.2. The topological polar surface area (TPSA) is 80.3 Å². The number of aldehydes is 1. The van der Waals surface area contributed by atoms with Gasteiger partial charge in [-0.1, -0.05) is 48.5 Å². The lowest BCUT2D eigenvalue weighted by atomic mass is 9.82. The van der Waals surface area contributed by atoms with E-state index in [0.717, 1.165) is 12.7 Å². The van der Waals surface area contributed by atoms with Crippen LogP contribution in [-0.4, -0.2) is 72.1 Å². The number of rotatable bonds is 9. The fraction of sp³-hybridized carbons (Fsp3) is 0.926. The van der Waals surface area contributed by atoms with Gasteiger partial charge in [0.15, 0.2) is 16.6 Å². The number of esters is 1. The van der Waals surface area contributed by atoms with Crippen LogP contribution in [0.2, 0.25) is 36.3 Å². The SMILES string of the molecule is CC(=O)O[C@@H]1[C@@H](C)[C@@H]2OC(CCO[Si](C)(C)C(C)(C)C)C(O[Si](C)(C)C(C)(C)C)C[C@@H]2O[C@H]1CC=O. The molecule has 0 aliphatic carbocycles. The average Bonchev–Trinajstić information content (AvgIpc) is 2.69. The van der Waals surface area contributed by atoms with Gasteiger partial charge in [-0.2, -0.15) is 0 Å². The Morgan fingerprint density at radius 1 is 0.972 bits per heavy atom. The second kappa shape index (κ2) is 11.7. The number of carbonyl (C=O) groups excluding carboxylic acids is 2. The lowest BCUT2D eigenvalue weighted by molar-refractivity contribution is -0.266. The predicted octanol–water partition coefficient (Wildman–Crippen LogP) is 5.87. The first kappa shape index (κ1) is 31.6. The highest BCUT2D eigenvalue weighted by atomic mass is 28.4. The Labute approximate surface area is 221 Å². The zero-order valence-electron chi connectivity index (χ0n) is 24.8. The molecule has 2 aliphatic heterocycles. The molecule has 36 heavy (non-hydrogen) atoms. The van der Waals surface area contributed by atoms with Crippen LogP contribution in [0.5, 0.6) is 0 Å². The molecule has 7 nitrogen and oxygen atoms in total. The Bertz CT molecular complexity index is 756. The minimum atomic E-state index is -2.07. The molecule has 9 heteroatoms. The van der Waals surface area contributed by atoms with Crippen molar-refractivity contribution in [1.82, 2.24) is 0 Å². The van der Waals surface area contributed by atoms with Crippen molar-refractivity contribution in [2.45, 2.75) is 148 Å². The smallest absolute Gasteiger partial charge is 0.303 e. The number of hydrogen-bond acceptors (Lipinski definition) is 7. The monoisotopic (exact) mass is 544 g/mol. The van der Waals surface area contributed by atoms with E-state index < -0.39 is 28.8 Å². The predicted molar refractivity (Wildman–Crippen MR) is 147 cm³/mol. The Hall–Kier alpha value is -0.586. The fourth-order valence-corrected chi connectivity index (χ4v) is 6.97. The van der Waals surface area contributed by atoms with Crippen LogP contribution in [0.15, 0.2) is 0 Å². The minimum absolute atomic E-state index is 0.0627. The summed E-state index contributed by atoms with van der Waals surface area (Å²) in [5.41, 5.74) is 0. The lowest BCUT2D eigenvalue weighted by Gasteiger charge is -2.52. The van der Waals surface area contributed by atoms with E-state index >= 15 is 0 Å². The van der Waals surface area contributed by atoms with Crippen molar-refractivity contribution in [1.29, 1.82) is 0 Å². The number of fused-ring (bicyclic) bond motifs is 1. The molecule has 2 aliphatic rings. The van der Waals surface area contributed by atoms with Crippen molar-refractivity contribution in [3.63, 3.8) is 0 Å². The Morgan fingerprint density at radius 3 is 2.06 bits per heavy atom. The van der Waals surface area contributed by atoms with Crippen LogP contribution in [0.1, 0.15) is 74.7 Å². The first-order chi connectivity index (χ1) is 16.3. The summed E-state index contributed by atoms with van der Waals surface area (Å²) in [6.07, 6.45) is 0.728. The van der Waals surface area contributed by atoms with Crippen molar-refractivity contribution in [3.05, 3.63) is 0 Å². The second-order valence-corrected chi connectivity index (χ2v) is 23.3. The van der Waals surface area contributed by atoms with Gasteiger partial charge in [0.2, 0.25) is 0 Å². The third-order valence-corrected chi connectivity index (χ3v) is 17.9. The van der Waals surface area contributed by atoms with Crippen LogP contribution < -0.4 is 0 Å². The molecule has 2 unspecified atom stereocenters. The lowest BCUT2D eigenvalue weighted by Crippen LogP contribution is -2.62. The van der Waals surface area contributed by atoms with Gasteiger partial charge in [-0.05, 0) is 42.7 Å². The summed E-state index contributed by atoms with van der Waals surface area (Å²) in [5, 5.41) is 0.201. The standard InChI is InChI=1S/C27H52O7Si2/c1-18-24(31-19(2)29)21(13-15-28)32-23-17-22(34-36(11,12)27(6,7)8)20(33-25(18)23)14-16-30-35(9,10)26(3,4)5/h15,18,20-25H,13-14,16-17H2,1-12H3/t18-,20?,21+,22?,23+,24-,25+/m1/s1. The van der Waals surface area contributed by atoms with Crippen molar-refractivity contribution >= 4 is 28.9 Å². The number of carbonyl (C=O) groups is 2. The Balaban J connectivity index is 2.28. The second-order valence-electron chi connectivity index (χ2n) is 13.7. The molecule has 0 N–H and O–H groups in total. The quantitative estimate of drug-likeness (QED) is 0.204. The average molecular weight is 545 g/mol. The Morgan fingerprint density at radius 2 is 1.56 bits per heavy atom. The fourth-order valence-electron chi connectivity index (χ4n) is 4.55. The van der Waals surface area contributed by atoms with E-state index in [1.807, 2.05) is 6.92 Å². The highest BCUT2D eigenvalue weighted by molar-refractivity contribution is 6.74. The van der Waals surface area contributed by atoms with Gasteiger partial charge < -0.3 is 27.9 Å². The van der Waals surface area contributed by atoms with Crippen LogP contribution in [-0.2, 0) is 32.7 Å². The van der Waals surface area contributed by atoms with E-state index in [1.54, 1.807) is 0 Å². The molecule has 2 fully saturated rings. The molecule has 2 heterocycles. The van der Waals surface area contributed by atoms with E-state index in [0.29, 0.717) is 13.0 Å². The molecule has 0 spiro atoms. The highest BCUT2D eigenvalue weighted by Crippen LogP contribution is 2.43. The molecule has 0 radical (unpaired) electrons. The van der Waals surface area contributed by atoms with E-state index in [9.17, 15) is 9.59 Å². The maximum atomic E-state index is 11.8. The van der Waals surface area contributed by atoms with Crippen LogP contribution in [0.3, 0.4) is 0 Å². The van der Waals surface area contributed by atoms with Gasteiger partial charge in [0, 0.05) is 32.3 Å². The van der Waals surface area contributed by atoms with E-state index in [1.165, 1.54) is 6.92 Å². The van der Waals surface area contributed by atoms with Gasteiger partial charge in [-0.25, -0.2) is 0 Å². The molecule has 210 valence electrons. The largest absolute Gasteiger partial charge is 0.459 e. The van der Waals surface area contributed by atoms with Crippen molar-refractivity contribution < 1.29 is 32.7 Å². The van der Waals surface area contributed by atoms with Crippen molar-refractivity contribution in [2.75, 3.05) is 6.61 Å². The Kier molecular flexibility index (Phi) is 10.2. The first-order valence-corrected chi connectivity index (χ1v) is 19.4. The van der Waals surface area contributed by atoms with Gasteiger partial charge in [0.1, 0.15) is 18.5 Å². The molecule has 0 amide bonds.